The molecule has 5 heavy (non-hydrogen) atoms. The average molecular weight is 230 g/mol. The van der Waals surface area contributed by atoms with Crippen LogP contribution in [-0.4, -0.2) is 34.0 Å². The van der Waals surface area contributed by atoms with Gasteiger partial charge in [0.15, 0.2) is 0 Å². The first-order chi connectivity index (χ1) is 0. The molecule has 0 heterocycles. The molecule has 0 atom stereocenters. The van der Waals surface area contributed by atoms with Gasteiger partial charge < -0.3 is 0 Å². The van der Waals surface area contributed by atoms with Gasteiger partial charge in [-0.3, -0.25) is 0 Å². The minimum absolute atomic E-state index is 0. The zero-order valence-corrected chi connectivity index (χ0v) is 7.63. The second-order valence-electron chi connectivity index (χ2n) is 0. The molecule has 0 saturated carbocycles. The third-order valence-electron chi connectivity index (χ3n) is 0. The molecule has 0 rings (SSSR count). The van der Waals surface area contributed by atoms with Crippen LogP contribution in [0.3, 0.4) is 0 Å². The summed E-state index contributed by atoms with van der Waals surface area (Å²) in [7, 11) is 0. The van der Waals surface area contributed by atoms with Crippen LogP contribution < -0.4 is 0 Å². The number of hydrogen-bond acceptors (Lipinski definition) is 0. The van der Waals surface area contributed by atoms with Gasteiger partial charge in [0.05, 0.1) is 0 Å². The summed E-state index contributed by atoms with van der Waals surface area (Å²) in [5, 5.41) is 0. The zero-order valence-electron chi connectivity index (χ0n) is 2.18. The second kappa shape index (κ2) is 31.3. The van der Waals surface area contributed by atoms with E-state index in [4.69, 9.17) is 0 Å². The molecule has 0 saturated heterocycles. The summed E-state index contributed by atoms with van der Waals surface area (Å²) in [6, 6.07) is 0. The Morgan fingerprint density at radius 3 is 1.00 bits per heavy atom. The van der Waals surface area contributed by atoms with E-state index in [0.717, 1.165) is 0 Å². The zero-order chi connectivity index (χ0) is 0. The molecule has 35 valence electrons. The molecule has 0 aromatic rings. The fourth-order valence-electron chi connectivity index (χ4n) is 0. The van der Waals surface area contributed by atoms with Gasteiger partial charge in [0, 0.05) is 84.6 Å². The minimum Gasteiger partial charge on any atom is 0 e. The minimum atomic E-state index is 0. The van der Waals surface area contributed by atoms with E-state index in [1.54, 1.807) is 0 Å². The van der Waals surface area contributed by atoms with Crippen molar-refractivity contribution >= 4 is 34.0 Å². The molecule has 5 heteroatoms. The van der Waals surface area contributed by atoms with E-state index in [1.807, 2.05) is 0 Å². The van der Waals surface area contributed by atoms with E-state index in [9.17, 15) is 0 Å². The second-order valence-corrected chi connectivity index (χ2v) is 0. The maximum absolute atomic E-state index is 0. The summed E-state index contributed by atoms with van der Waals surface area (Å²) in [6.07, 6.45) is 0. The molecule has 0 aromatic carbocycles. The fourth-order valence-corrected chi connectivity index (χ4v) is 0. The monoisotopic (exact) mass is 229 g/mol. The summed E-state index contributed by atoms with van der Waals surface area (Å²) in [5.41, 5.74) is 0. The molecule has 0 bridgehead atoms. The maximum atomic E-state index is 0. The van der Waals surface area contributed by atoms with Crippen molar-refractivity contribution in [2.45, 2.75) is 0 Å². The van der Waals surface area contributed by atoms with Gasteiger partial charge in [0.2, 0.25) is 0 Å². The molecule has 0 N–H and O–H groups in total. The molecule has 0 spiro atoms. The van der Waals surface area contributed by atoms with E-state index in [2.05, 4.69) is 0 Å². The van der Waals surface area contributed by atoms with Crippen molar-refractivity contribution in [3.05, 3.63) is 0 Å². The van der Waals surface area contributed by atoms with Crippen molar-refractivity contribution in [2.24, 2.45) is 0 Å². The van der Waals surface area contributed by atoms with Crippen molar-refractivity contribution in [3.63, 3.8) is 0 Å². The summed E-state index contributed by atoms with van der Waals surface area (Å²) in [6.45, 7) is 0. The van der Waals surface area contributed by atoms with E-state index >= 15 is 0 Å². The van der Waals surface area contributed by atoms with Gasteiger partial charge in [-0.25, -0.2) is 0 Å². The molecule has 0 aromatic heterocycles. The van der Waals surface area contributed by atoms with E-state index in [-0.39, 0.29) is 84.6 Å². The standard InChI is InChI=1S/Cu.Fe.Mg.Ni.Si. The quantitative estimate of drug-likeness (QED) is 0.480. The van der Waals surface area contributed by atoms with Crippen LogP contribution in [-0.2, 0) is 50.6 Å². The summed E-state index contributed by atoms with van der Waals surface area (Å²) in [4.78, 5) is 0. The molecule has 0 fully saturated rings. The van der Waals surface area contributed by atoms with Crippen molar-refractivity contribution in [1.29, 1.82) is 0 Å². The van der Waals surface area contributed by atoms with E-state index < -0.39 is 0 Å². The Kier molecular flexibility index (Phi) is 316. The van der Waals surface area contributed by atoms with E-state index in [1.165, 1.54) is 0 Å². The number of rotatable bonds is 0. The summed E-state index contributed by atoms with van der Waals surface area (Å²) in [5.74, 6) is 0. The summed E-state index contributed by atoms with van der Waals surface area (Å²) >= 11 is 0. The van der Waals surface area contributed by atoms with Crippen molar-refractivity contribution in [3.8, 4) is 0 Å². The normalized spacial score (nSPS) is 0. The van der Waals surface area contributed by atoms with Gasteiger partial charge in [-0.15, -0.1) is 0 Å². The first-order valence-corrected chi connectivity index (χ1v) is 0. The Morgan fingerprint density at radius 2 is 1.00 bits per heavy atom. The van der Waals surface area contributed by atoms with Gasteiger partial charge in [-0.1, -0.05) is 0 Å². The van der Waals surface area contributed by atoms with Gasteiger partial charge in [-0.05, 0) is 0 Å². The van der Waals surface area contributed by atoms with Crippen LogP contribution in [0.25, 0.3) is 0 Å². The van der Waals surface area contributed by atoms with Crippen LogP contribution in [0.15, 0.2) is 0 Å². The molecule has 0 aliphatic carbocycles. The molecule has 7 radical (unpaired) electrons. The van der Waals surface area contributed by atoms with Crippen LogP contribution in [0, 0.1) is 0 Å². The SMILES string of the molecule is [Cu].[Fe].[Mg].[Ni].[Si]. The van der Waals surface area contributed by atoms with Crippen LogP contribution in [0.1, 0.15) is 0 Å². The molecular formula is CuFeMgNiSi. The molecule has 0 amide bonds. The molecule has 0 aliphatic heterocycles. The van der Waals surface area contributed by atoms with Crippen molar-refractivity contribution in [2.75, 3.05) is 0 Å². The third-order valence-corrected chi connectivity index (χ3v) is 0. The Morgan fingerprint density at radius 1 is 1.00 bits per heavy atom. The smallest absolute Gasteiger partial charge is 0 e. The number of hydrogen-bond donors (Lipinski definition) is 0. The molecule has 0 aliphatic rings. The fraction of sp³-hybridized carbons (Fsp3) is 0. The predicted molar refractivity (Wildman–Crippen MR) is 11.5 cm³/mol. The Bertz CT molecular complexity index is 11.6. The first-order valence-electron chi connectivity index (χ1n) is 0. The summed E-state index contributed by atoms with van der Waals surface area (Å²) < 4.78 is 0. The van der Waals surface area contributed by atoms with Gasteiger partial charge in [0.1, 0.15) is 0 Å². The van der Waals surface area contributed by atoms with Gasteiger partial charge in [-0.2, -0.15) is 0 Å². The third kappa shape index (κ3) is 21.0. The molecular weight excluding hydrogens is 230 g/mol. The average Bonchev–Trinajstić information content (AvgIpc) is 0. The largest absolute Gasteiger partial charge is 0 e. The van der Waals surface area contributed by atoms with Gasteiger partial charge >= 0.3 is 0 Å². The Hall–Kier alpha value is 2.52. The Balaban J connectivity index is 0. The van der Waals surface area contributed by atoms with Crippen molar-refractivity contribution < 1.29 is 50.6 Å². The van der Waals surface area contributed by atoms with E-state index in [0.29, 0.717) is 0 Å². The maximum Gasteiger partial charge on any atom is 0 e. The van der Waals surface area contributed by atoms with Crippen LogP contribution >= 0.6 is 0 Å². The van der Waals surface area contributed by atoms with Crippen LogP contribution in [0.4, 0.5) is 0 Å². The first kappa shape index (κ1) is 50.4. The van der Waals surface area contributed by atoms with Crippen LogP contribution in [0.2, 0.25) is 0 Å². The predicted octanol–water partition coefficient (Wildman–Crippen LogP) is -0.769. The van der Waals surface area contributed by atoms with Gasteiger partial charge in [0.25, 0.3) is 0 Å². The van der Waals surface area contributed by atoms with Crippen LogP contribution in [0.5, 0.6) is 0 Å². The molecule has 0 nitrogen and oxygen atoms in total. The molecule has 0 unspecified atom stereocenters. The van der Waals surface area contributed by atoms with Crippen molar-refractivity contribution in [1.82, 2.24) is 0 Å². The Labute approximate surface area is 83.6 Å². The topological polar surface area (TPSA) is 0 Å².